The van der Waals surface area contributed by atoms with Crippen molar-refractivity contribution in [1.29, 1.82) is 0 Å². The first kappa shape index (κ1) is 11.9. The Balaban J connectivity index is 1.58. The maximum absolute atomic E-state index is 4.38. The average Bonchev–Trinajstić information content (AvgIpc) is 2.87. The highest BCUT2D eigenvalue weighted by Crippen LogP contribution is 2.22. The molecule has 1 aromatic rings. The van der Waals surface area contributed by atoms with E-state index in [4.69, 9.17) is 0 Å². The third-order valence-electron chi connectivity index (χ3n) is 4.16. The number of anilines is 1. The van der Waals surface area contributed by atoms with Crippen LogP contribution in [0.2, 0.25) is 0 Å². The molecule has 2 fully saturated rings. The van der Waals surface area contributed by atoms with Crippen molar-refractivity contribution in [3.8, 4) is 0 Å². The van der Waals surface area contributed by atoms with Crippen molar-refractivity contribution in [2.24, 2.45) is 0 Å². The molecule has 2 saturated heterocycles. The van der Waals surface area contributed by atoms with E-state index < -0.39 is 0 Å². The number of rotatable bonds is 3. The minimum Gasteiger partial charge on any atom is -0.373 e. The highest BCUT2D eigenvalue weighted by atomic mass is 15.3. The summed E-state index contributed by atoms with van der Waals surface area (Å²) in [6, 6.07) is 5.05. The summed E-state index contributed by atoms with van der Waals surface area (Å²) >= 11 is 0. The van der Waals surface area contributed by atoms with Gasteiger partial charge in [-0.15, -0.1) is 0 Å². The van der Waals surface area contributed by atoms with Crippen LogP contribution < -0.4 is 5.32 Å². The van der Waals surface area contributed by atoms with E-state index >= 15 is 0 Å². The van der Waals surface area contributed by atoms with Gasteiger partial charge in [0.2, 0.25) is 0 Å². The molecule has 1 unspecified atom stereocenters. The highest BCUT2D eigenvalue weighted by Gasteiger charge is 2.30. The van der Waals surface area contributed by atoms with Gasteiger partial charge in [0.25, 0.3) is 0 Å². The standard InChI is InChI=1S/C14H22N4/c1-15-14-5-4-12(9-16-14)10-17-7-8-18-6-2-3-13(18)11-17/h4-5,9,13H,2-3,6-8,10-11H2,1H3,(H,15,16). The first-order valence-corrected chi connectivity index (χ1v) is 6.94. The van der Waals surface area contributed by atoms with Crippen LogP contribution in [0.5, 0.6) is 0 Å². The second-order valence-electron chi connectivity index (χ2n) is 5.37. The topological polar surface area (TPSA) is 31.4 Å². The largest absolute Gasteiger partial charge is 0.373 e. The Kier molecular flexibility index (Phi) is 3.48. The molecular weight excluding hydrogens is 224 g/mol. The van der Waals surface area contributed by atoms with Crippen LogP contribution in [-0.2, 0) is 6.54 Å². The molecule has 0 aliphatic carbocycles. The summed E-state index contributed by atoms with van der Waals surface area (Å²) in [4.78, 5) is 9.60. The zero-order valence-electron chi connectivity index (χ0n) is 11.1. The fourth-order valence-electron chi connectivity index (χ4n) is 3.12. The van der Waals surface area contributed by atoms with Crippen molar-refractivity contribution >= 4 is 5.82 Å². The Morgan fingerprint density at radius 2 is 2.28 bits per heavy atom. The van der Waals surface area contributed by atoms with Gasteiger partial charge in [-0.05, 0) is 31.0 Å². The van der Waals surface area contributed by atoms with E-state index in [1.54, 1.807) is 0 Å². The van der Waals surface area contributed by atoms with E-state index in [2.05, 4.69) is 32.2 Å². The Morgan fingerprint density at radius 1 is 1.33 bits per heavy atom. The van der Waals surface area contributed by atoms with Crippen molar-refractivity contribution in [1.82, 2.24) is 14.8 Å². The van der Waals surface area contributed by atoms with Crippen molar-refractivity contribution in [3.05, 3.63) is 23.9 Å². The van der Waals surface area contributed by atoms with Gasteiger partial charge in [-0.2, -0.15) is 0 Å². The van der Waals surface area contributed by atoms with Crippen LogP contribution in [0.3, 0.4) is 0 Å². The summed E-state index contributed by atoms with van der Waals surface area (Å²) in [7, 11) is 1.90. The maximum atomic E-state index is 4.38. The first-order valence-electron chi connectivity index (χ1n) is 6.94. The van der Waals surface area contributed by atoms with E-state index in [-0.39, 0.29) is 0 Å². The molecule has 18 heavy (non-hydrogen) atoms. The molecule has 0 bridgehead atoms. The van der Waals surface area contributed by atoms with Gasteiger partial charge in [-0.25, -0.2) is 4.98 Å². The van der Waals surface area contributed by atoms with E-state index in [9.17, 15) is 0 Å². The van der Waals surface area contributed by atoms with Crippen LogP contribution in [-0.4, -0.2) is 54.1 Å². The fraction of sp³-hybridized carbons (Fsp3) is 0.643. The molecule has 0 radical (unpaired) electrons. The predicted octanol–water partition coefficient (Wildman–Crippen LogP) is 1.40. The van der Waals surface area contributed by atoms with Gasteiger partial charge < -0.3 is 5.32 Å². The molecule has 98 valence electrons. The molecule has 2 aliphatic heterocycles. The first-order chi connectivity index (χ1) is 8.85. The number of fused-ring (bicyclic) bond motifs is 1. The van der Waals surface area contributed by atoms with Crippen LogP contribution in [0.1, 0.15) is 18.4 Å². The quantitative estimate of drug-likeness (QED) is 0.873. The zero-order chi connectivity index (χ0) is 12.4. The second-order valence-corrected chi connectivity index (χ2v) is 5.37. The van der Waals surface area contributed by atoms with Gasteiger partial charge in [0, 0.05) is 45.5 Å². The Labute approximate surface area is 109 Å². The van der Waals surface area contributed by atoms with Gasteiger partial charge in [0.15, 0.2) is 0 Å². The second kappa shape index (κ2) is 5.24. The monoisotopic (exact) mass is 246 g/mol. The van der Waals surface area contributed by atoms with Gasteiger partial charge >= 0.3 is 0 Å². The van der Waals surface area contributed by atoms with E-state index in [0.29, 0.717) is 0 Å². The molecule has 3 rings (SSSR count). The molecular formula is C14H22N4. The van der Waals surface area contributed by atoms with Crippen molar-refractivity contribution in [2.75, 3.05) is 38.5 Å². The normalized spacial score (nSPS) is 25.1. The molecule has 0 amide bonds. The lowest BCUT2D eigenvalue weighted by atomic mass is 10.1. The third-order valence-corrected chi connectivity index (χ3v) is 4.16. The number of aromatic nitrogens is 1. The van der Waals surface area contributed by atoms with E-state index in [1.807, 2.05) is 13.2 Å². The molecule has 0 aromatic carbocycles. The number of hydrogen-bond donors (Lipinski definition) is 1. The zero-order valence-corrected chi connectivity index (χ0v) is 11.1. The summed E-state index contributed by atoms with van der Waals surface area (Å²) in [5, 5.41) is 3.06. The SMILES string of the molecule is CNc1ccc(CN2CCN3CCCC3C2)cn1. The van der Waals surface area contributed by atoms with Crippen molar-refractivity contribution < 1.29 is 0 Å². The molecule has 1 atom stereocenters. The van der Waals surface area contributed by atoms with E-state index in [1.165, 1.54) is 44.6 Å². The molecule has 2 aliphatic rings. The molecule has 4 nitrogen and oxygen atoms in total. The van der Waals surface area contributed by atoms with Gasteiger partial charge in [0.1, 0.15) is 5.82 Å². The smallest absolute Gasteiger partial charge is 0.125 e. The van der Waals surface area contributed by atoms with Crippen LogP contribution in [0, 0.1) is 0 Å². The van der Waals surface area contributed by atoms with Crippen LogP contribution in [0.25, 0.3) is 0 Å². The third kappa shape index (κ3) is 2.49. The van der Waals surface area contributed by atoms with Gasteiger partial charge in [-0.3, -0.25) is 9.80 Å². The average molecular weight is 246 g/mol. The van der Waals surface area contributed by atoms with Crippen molar-refractivity contribution in [3.63, 3.8) is 0 Å². The molecule has 4 heteroatoms. The van der Waals surface area contributed by atoms with Crippen LogP contribution >= 0.6 is 0 Å². The van der Waals surface area contributed by atoms with Crippen molar-refractivity contribution in [2.45, 2.75) is 25.4 Å². The molecule has 1 aromatic heterocycles. The lowest BCUT2D eigenvalue weighted by Gasteiger charge is -2.37. The minimum absolute atomic E-state index is 0.809. The summed E-state index contributed by atoms with van der Waals surface area (Å²) in [6.45, 7) is 6.03. The highest BCUT2D eigenvalue weighted by molar-refractivity contribution is 5.34. The predicted molar refractivity (Wildman–Crippen MR) is 73.7 cm³/mol. The molecule has 0 saturated carbocycles. The summed E-state index contributed by atoms with van der Waals surface area (Å²) in [5.41, 5.74) is 1.32. The fourth-order valence-corrected chi connectivity index (χ4v) is 3.12. The van der Waals surface area contributed by atoms with E-state index in [0.717, 1.165) is 18.4 Å². The number of piperazine rings is 1. The number of nitrogens with one attached hydrogen (secondary N) is 1. The molecule has 1 N–H and O–H groups in total. The summed E-state index contributed by atoms with van der Waals surface area (Å²) in [5.74, 6) is 0.944. The number of nitrogens with zero attached hydrogens (tertiary/aromatic N) is 3. The Hall–Kier alpha value is -1.13. The van der Waals surface area contributed by atoms with Crippen LogP contribution in [0.4, 0.5) is 5.82 Å². The number of hydrogen-bond acceptors (Lipinski definition) is 4. The Bertz CT molecular complexity index is 389. The summed E-state index contributed by atoms with van der Waals surface area (Å²) in [6.07, 6.45) is 4.76. The van der Waals surface area contributed by atoms with Crippen LogP contribution in [0.15, 0.2) is 18.3 Å². The molecule has 0 spiro atoms. The summed E-state index contributed by atoms with van der Waals surface area (Å²) < 4.78 is 0. The minimum atomic E-state index is 0.809. The maximum Gasteiger partial charge on any atom is 0.125 e. The molecule has 3 heterocycles. The lowest BCUT2D eigenvalue weighted by Crippen LogP contribution is -2.49. The number of pyridine rings is 1. The Morgan fingerprint density at radius 3 is 3.06 bits per heavy atom. The van der Waals surface area contributed by atoms with Gasteiger partial charge in [0.05, 0.1) is 0 Å². The lowest BCUT2D eigenvalue weighted by molar-refractivity contribution is 0.0993. The van der Waals surface area contributed by atoms with Gasteiger partial charge in [-0.1, -0.05) is 6.07 Å².